The van der Waals surface area contributed by atoms with Crippen molar-refractivity contribution in [1.29, 1.82) is 0 Å². The number of anilines is 1. The molecule has 5 heteroatoms. The highest BCUT2D eigenvalue weighted by Crippen LogP contribution is 2.19. The number of benzene rings is 2. The second-order valence-electron chi connectivity index (χ2n) is 6.35. The first kappa shape index (κ1) is 17.3. The fraction of sp³-hybridized carbons (Fsp3) is 0.350. The Kier molecular flexibility index (Phi) is 5.90. The molecule has 3 N–H and O–H groups in total. The van der Waals surface area contributed by atoms with Crippen molar-refractivity contribution in [2.75, 3.05) is 18.0 Å². The molecule has 0 saturated carbocycles. The third-order valence-electron chi connectivity index (χ3n) is 4.68. The van der Waals surface area contributed by atoms with Crippen LogP contribution in [-0.4, -0.2) is 30.3 Å². The lowest BCUT2D eigenvalue weighted by atomic mass is 10.0. The molecule has 0 aromatic heterocycles. The van der Waals surface area contributed by atoms with Crippen LogP contribution in [0.2, 0.25) is 0 Å². The minimum absolute atomic E-state index is 0.0165. The van der Waals surface area contributed by atoms with Crippen molar-refractivity contribution >= 4 is 11.7 Å². The standard InChI is InChI=1S/C20H25N3O2/c24-15-17-7-5-4-6-16(17)14-21-20(25)22-18-10-12-23(13-11-18)19-8-2-1-3-9-19/h1-9,18,24H,10-15H2,(H2,21,22,25). The van der Waals surface area contributed by atoms with Gasteiger partial charge in [0, 0.05) is 31.4 Å². The number of urea groups is 1. The van der Waals surface area contributed by atoms with Gasteiger partial charge in [0.15, 0.2) is 0 Å². The molecule has 1 aliphatic rings. The molecule has 5 nitrogen and oxygen atoms in total. The molecule has 1 heterocycles. The lowest BCUT2D eigenvalue weighted by Gasteiger charge is -2.34. The number of carbonyl (C=O) groups is 1. The normalized spacial score (nSPS) is 15.0. The van der Waals surface area contributed by atoms with E-state index in [0.29, 0.717) is 6.54 Å². The van der Waals surface area contributed by atoms with Gasteiger partial charge in [-0.15, -0.1) is 0 Å². The molecule has 0 aliphatic carbocycles. The van der Waals surface area contributed by atoms with Crippen LogP contribution in [-0.2, 0) is 13.2 Å². The molecule has 0 atom stereocenters. The summed E-state index contributed by atoms with van der Waals surface area (Å²) in [4.78, 5) is 14.5. The highest BCUT2D eigenvalue weighted by atomic mass is 16.3. The van der Waals surface area contributed by atoms with Crippen molar-refractivity contribution in [3.8, 4) is 0 Å². The maximum Gasteiger partial charge on any atom is 0.315 e. The second kappa shape index (κ2) is 8.53. The predicted molar refractivity (Wildman–Crippen MR) is 99.4 cm³/mol. The smallest absolute Gasteiger partial charge is 0.315 e. The zero-order valence-electron chi connectivity index (χ0n) is 14.3. The molecule has 1 saturated heterocycles. The summed E-state index contributed by atoms with van der Waals surface area (Å²) in [5, 5.41) is 15.3. The Labute approximate surface area is 148 Å². The second-order valence-corrected chi connectivity index (χ2v) is 6.35. The van der Waals surface area contributed by atoms with Crippen molar-refractivity contribution in [1.82, 2.24) is 10.6 Å². The SMILES string of the molecule is O=C(NCc1ccccc1CO)NC1CCN(c2ccccc2)CC1. The average Bonchev–Trinajstić information content (AvgIpc) is 2.68. The van der Waals surface area contributed by atoms with Gasteiger partial charge in [0.2, 0.25) is 0 Å². The van der Waals surface area contributed by atoms with Crippen LogP contribution in [0, 0.1) is 0 Å². The third kappa shape index (κ3) is 4.73. The summed E-state index contributed by atoms with van der Waals surface area (Å²) in [5.41, 5.74) is 3.03. The van der Waals surface area contributed by atoms with Crippen LogP contribution < -0.4 is 15.5 Å². The van der Waals surface area contributed by atoms with Gasteiger partial charge in [-0.1, -0.05) is 42.5 Å². The van der Waals surface area contributed by atoms with E-state index in [0.717, 1.165) is 37.1 Å². The van der Waals surface area contributed by atoms with Crippen LogP contribution in [0.4, 0.5) is 10.5 Å². The molecule has 0 radical (unpaired) electrons. The molecule has 1 aliphatic heterocycles. The van der Waals surface area contributed by atoms with Gasteiger partial charge in [0.1, 0.15) is 0 Å². The quantitative estimate of drug-likeness (QED) is 0.785. The van der Waals surface area contributed by atoms with E-state index >= 15 is 0 Å². The zero-order chi connectivity index (χ0) is 17.5. The van der Waals surface area contributed by atoms with E-state index in [1.54, 1.807) is 0 Å². The number of hydrogen-bond acceptors (Lipinski definition) is 3. The minimum Gasteiger partial charge on any atom is -0.392 e. The van der Waals surface area contributed by atoms with Gasteiger partial charge < -0.3 is 20.6 Å². The van der Waals surface area contributed by atoms with Crippen LogP contribution in [0.5, 0.6) is 0 Å². The summed E-state index contributed by atoms with van der Waals surface area (Å²) in [5.74, 6) is 0. The Hall–Kier alpha value is -2.53. The zero-order valence-corrected chi connectivity index (χ0v) is 14.3. The topological polar surface area (TPSA) is 64.6 Å². The summed E-state index contributed by atoms with van der Waals surface area (Å²) in [6.07, 6.45) is 1.88. The molecular formula is C20H25N3O2. The largest absolute Gasteiger partial charge is 0.392 e. The van der Waals surface area contributed by atoms with Gasteiger partial charge in [0.25, 0.3) is 0 Å². The molecule has 2 amide bonds. The Bertz CT molecular complexity index is 682. The Morgan fingerprint density at radius 2 is 1.64 bits per heavy atom. The molecule has 2 aromatic rings. The van der Waals surface area contributed by atoms with Gasteiger partial charge in [-0.05, 0) is 36.1 Å². The summed E-state index contributed by atoms with van der Waals surface area (Å²) < 4.78 is 0. The van der Waals surface area contributed by atoms with E-state index in [-0.39, 0.29) is 18.7 Å². The monoisotopic (exact) mass is 339 g/mol. The van der Waals surface area contributed by atoms with Crippen molar-refractivity contribution in [2.24, 2.45) is 0 Å². The van der Waals surface area contributed by atoms with Gasteiger partial charge in [-0.2, -0.15) is 0 Å². The van der Waals surface area contributed by atoms with E-state index in [1.807, 2.05) is 30.3 Å². The van der Waals surface area contributed by atoms with Crippen LogP contribution >= 0.6 is 0 Å². The summed E-state index contributed by atoms with van der Waals surface area (Å²) in [6, 6.07) is 18.0. The maximum absolute atomic E-state index is 12.1. The average molecular weight is 339 g/mol. The molecule has 2 aromatic carbocycles. The third-order valence-corrected chi connectivity index (χ3v) is 4.68. The number of carbonyl (C=O) groups excluding carboxylic acids is 1. The van der Waals surface area contributed by atoms with Crippen LogP contribution in [0.1, 0.15) is 24.0 Å². The van der Waals surface area contributed by atoms with Crippen molar-refractivity contribution in [3.05, 3.63) is 65.7 Å². The molecule has 132 valence electrons. The number of nitrogens with zero attached hydrogens (tertiary/aromatic N) is 1. The number of nitrogens with one attached hydrogen (secondary N) is 2. The Morgan fingerprint density at radius 3 is 2.32 bits per heavy atom. The minimum atomic E-state index is -0.147. The van der Waals surface area contributed by atoms with E-state index < -0.39 is 0 Å². The van der Waals surface area contributed by atoms with Crippen molar-refractivity contribution in [2.45, 2.75) is 32.0 Å². The van der Waals surface area contributed by atoms with Gasteiger partial charge in [-0.25, -0.2) is 4.79 Å². The first-order valence-electron chi connectivity index (χ1n) is 8.78. The van der Waals surface area contributed by atoms with Crippen LogP contribution in [0.25, 0.3) is 0 Å². The molecular weight excluding hydrogens is 314 g/mol. The fourth-order valence-corrected chi connectivity index (χ4v) is 3.22. The van der Waals surface area contributed by atoms with Gasteiger partial charge in [0.05, 0.1) is 6.61 Å². The van der Waals surface area contributed by atoms with E-state index in [2.05, 4.69) is 39.8 Å². The summed E-state index contributed by atoms with van der Waals surface area (Å²) >= 11 is 0. The lowest BCUT2D eigenvalue weighted by Crippen LogP contribution is -2.47. The van der Waals surface area contributed by atoms with E-state index in [1.165, 1.54) is 5.69 Å². The van der Waals surface area contributed by atoms with Crippen LogP contribution in [0.3, 0.4) is 0 Å². The van der Waals surface area contributed by atoms with E-state index in [4.69, 9.17) is 0 Å². The number of rotatable bonds is 5. The Morgan fingerprint density at radius 1 is 1.00 bits per heavy atom. The number of aliphatic hydroxyl groups excluding tert-OH is 1. The molecule has 3 rings (SSSR count). The first-order valence-corrected chi connectivity index (χ1v) is 8.78. The molecule has 1 fully saturated rings. The van der Waals surface area contributed by atoms with E-state index in [9.17, 15) is 9.90 Å². The van der Waals surface area contributed by atoms with Crippen molar-refractivity contribution < 1.29 is 9.90 Å². The highest BCUT2D eigenvalue weighted by Gasteiger charge is 2.20. The molecule has 0 bridgehead atoms. The predicted octanol–water partition coefficient (Wildman–Crippen LogP) is 2.65. The number of para-hydroxylation sites is 1. The highest BCUT2D eigenvalue weighted by molar-refractivity contribution is 5.74. The number of hydrogen-bond donors (Lipinski definition) is 3. The number of piperidine rings is 1. The number of amides is 2. The molecule has 0 spiro atoms. The maximum atomic E-state index is 12.1. The molecule has 25 heavy (non-hydrogen) atoms. The van der Waals surface area contributed by atoms with Crippen molar-refractivity contribution in [3.63, 3.8) is 0 Å². The summed E-state index contributed by atoms with van der Waals surface area (Å²) in [7, 11) is 0. The fourth-order valence-electron chi connectivity index (χ4n) is 3.22. The van der Waals surface area contributed by atoms with Gasteiger partial charge >= 0.3 is 6.03 Å². The number of aliphatic hydroxyl groups is 1. The lowest BCUT2D eigenvalue weighted by molar-refractivity contribution is 0.233. The summed E-state index contributed by atoms with van der Waals surface area (Å²) in [6.45, 7) is 2.30. The molecule has 0 unspecified atom stereocenters. The first-order chi connectivity index (χ1) is 12.3. The Balaban J connectivity index is 1.43. The van der Waals surface area contributed by atoms with Crippen LogP contribution in [0.15, 0.2) is 54.6 Å². The van der Waals surface area contributed by atoms with Gasteiger partial charge in [-0.3, -0.25) is 0 Å².